The Balaban J connectivity index is 1.44. The molecule has 0 N–H and O–H groups in total. The lowest BCUT2D eigenvalue weighted by atomic mass is 10.0. The molecule has 0 radical (unpaired) electrons. The van der Waals surface area contributed by atoms with Gasteiger partial charge in [0.15, 0.2) is 10.8 Å². The van der Waals surface area contributed by atoms with E-state index in [0.29, 0.717) is 22.9 Å². The van der Waals surface area contributed by atoms with Gasteiger partial charge in [0, 0.05) is 41.3 Å². The maximum absolute atomic E-state index is 12.6. The summed E-state index contributed by atoms with van der Waals surface area (Å²) in [5, 5.41) is 1.19. The van der Waals surface area contributed by atoms with Crippen LogP contribution in [0.1, 0.15) is 33.0 Å². The Morgan fingerprint density at radius 2 is 1.87 bits per heavy atom. The van der Waals surface area contributed by atoms with Crippen LogP contribution < -0.4 is 0 Å². The van der Waals surface area contributed by atoms with E-state index >= 15 is 0 Å². The molecule has 0 saturated carbocycles. The highest BCUT2D eigenvalue weighted by atomic mass is 35.5. The molecule has 0 atom stereocenters. The lowest BCUT2D eigenvalue weighted by Crippen LogP contribution is -2.01. The van der Waals surface area contributed by atoms with Crippen LogP contribution in [-0.2, 0) is 6.42 Å². The van der Waals surface area contributed by atoms with E-state index in [4.69, 9.17) is 11.6 Å². The maximum Gasteiger partial charge on any atom is 0.191 e. The number of nitrogens with zero attached hydrogens (tertiary/aromatic N) is 3. The second-order valence-corrected chi connectivity index (χ2v) is 8.63. The number of Topliss-reactive ketones (excluding diaryl/α,β-unsaturated/α-hetero) is 1. The van der Waals surface area contributed by atoms with Crippen LogP contribution in [0.3, 0.4) is 0 Å². The molecule has 0 amide bonds. The first-order valence-corrected chi connectivity index (χ1v) is 10.8. The first-order chi connectivity index (χ1) is 14.5. The molecular weight excluding hydrogens is 414 g/mol. The van der Waals surface area contributed by atoms with Crippen LogP contribution in [0.5, 0.6) is 0 Å². The number of aromatic nitrogens is 3. The number of halogens is 1. The molecule has 0 aliphatic carbocycles. The van der Waals surface area contributed by atoms with Crippen LogP contribution in [0, 0.1) is 13.8 Å². The zero-order valence-corrected chi connectivity index (χ0v) is 18.3. The van der Waals surface area contributed by atoms with Crippen molar-refractivity contribution >= 4 is 28.7 Å². The summed E-state index contributed by atoms with van der Waals surface area (Å²) in [6, 6.07) is 13.7. The van der Waals surface area contributed by atoms with Crippen molar-refractivity contribution in [2.75, 3.05) is 0 Å². The molecule has 1 aromatic carbocycles. The number of pyridine rings is 2. The van der Waals surface area contributed by atoms with Gasteiger partial charge in [0.25, 0.3) is 0 Å². The highest BCUT2D eigenvalue weighted by Crippen LogP contribution is 2.29. The molecule has 0 bridgehead atoms. The Kier molecular flexibility index (Phi) is 6.02. The third-order valence-corrected chi connectivity index (χ3v) is 6.12. The molecule has 6 heteroatoms. The molecule has 30 heavy (non-hydrogen) atoms. The molecular formula is C24H20ClN3OS. The van der Waals surface area contributed by atoms with Crippen molar-refractivity contribution < 1.29 is 4.79 Å². The van der Waals surface area contributed by atoms with E-state index in [1.165, 1.54) is 11.3 Å². The van der Waals surface area contributed by atoms with Crippen LogP contribution in [0.15, 0.2) is 61.1 Å². The quantitative estimate of drug-likeness (QED) is 0.332. The van der Waals surface area contributed by atoms with Gasteiger partial charge in [-0.15, -0.1) is 11.3 Å². The van der Waals surface area contributed by atoms with Crippen molar-refractivity contribution in [1.82, 2.24) is 15.0 Å². The number of ketones is 1. The number of hydrogen-bond acceptors (Lipinski definition) is 5. The van der Waals surface area contributed by atoms with E-state index in [0.717, 1.165) is 38.5 Å². The lowest BCUT2D eigenvalue weighted by molar-refractivity contribution is 0.0982. The fourth-order valence-electron chi connectivity index (χ4n) is 3.31. The van der Waals surface area contributed by atoms with Crippen LogP contribution in [0.4, 0.5) is 0 Å². The highest BCUT2D eigenvalue weighted by Gasteiger charge is 2.13. The van der Waals surface area contributed by atoms with Gasteiger partial charge in [0.05, 0.1) is 10.6 Å². The number of benzene rings is 1. The first kappa shape index (κ1) is 20.4. The lowest BCUT2D eigenvalue weighted by Gasteiger charge is -2.08. The number of rotatable bonds is 6. The smallest absolute Gasteiger partial charge is 0.191 e. The highest BCUT2D eigenvalue weighted by molar-refractivity contribution is 7.17. The first-order valence-electron chi connectivity index (χ1n) is 9.63. The summed E-state index contributed by atoms with van der Waals surface area (Å²) in [5.74, 6) is 0.0415. The van der Waals surface area contributed by atoms with E-state index in [2.05, 4.69) is 21.0 Å². The predicted octanol–water partition coefficient (Wildman–Crippen LogP) is 6.35. The second kappa shape index (κ2) is 8.86. The Morgan fingerprint density at radius 3 is 2.63 bits per heavy atom. The fraction of sp³-hybridized carbons (Fsp3) is 0.167. The second-order valence-electron chi connectivity index (χ2n) is 7.16. The third-order valence-electron chi connectivity index (χ3n) is 4.80. The normalized spacial score (nSPS) is 10.9. The molecule has 3 aromatic heterocycles. The van der Waals surface area contributed by atoms with Crippen molar-refractivity contribution in [3.8, 4) is 21.7 Å². The molecule has 4 rings (SSSR count). The van der Waals surface area contributed by atoms with Gasteiger partial charge in [-0.05, 0) is 61.2 Å². The molecule has 0 aliphatic rings. The van der Waals surface area contributed by atoms with Gasteiger partial charge < -0.3 is 0 Å². The summed E-state index contributed by atoms with van der Waals surface area (Å²) < 4.78 is 0. The third kappa shape index (κ3) is 4.64. The molecule has 0 saturated heterocycles. The summed E-state index contributed by atoms with van der Waals surface area (Å²) >= 11 is 7.46. The average Bonchev–Trinajstić information content (AvgIpc) is 3.22. The van der Waals surface area contributed by atoms with Crippen LogP contribution in [0.25, 0.3) is 21.7 Å². The molecule has 0 unspecified atom stereocenters. The van der Waals surface area contributed by atoms with E-state index < -0.39 is 0 Å². The molecule has 4 nitrogen and oxygen atoms in total. The monoisotopic (exact) mass is 433 g/mol. The van der Waals surface area contributed by atoms with Crippen molar-refractivity contribution in [1.29, 1.82) is 0 Å². The molecule has 0 aliphatic heterocycles. The van der Waals surface area contributed by atoms with Crippen molar-refractivity contribution in [3.63, 3.8) is 0 Å². The molecule has 3 heterocycles. The molecule has 4 aromatic rings. The van der Waals surface area contributed by atoms with Crippen LogP contribution >= 0.6 is 22.9 Å². The van der Waals surface area contributed by atoms with Gasteiger partial charge in [-0.1, -0.05) is 29.8 Å². The summed E-state index contributed by atoms with van der Waals surface area (Å²) in [5.41, 5.74) is 6.07. The SMILES string of the molecule is Cc1cc(-c2ncc(CCC(=O)c3ncc(-c4cccc(Cl)c4)s3)cc2C)ccn1. The maximum atomic E-state index is 12.6. The van der Waals surface area contributed by atoms with Gasteiger partial charge in [0.1, 0.15) is 0 Å². The van der Waals surface area contributed by atoms with E-state index in [1.807, 2.05) is 56.4 Å². The summed E-state index contributed by atoms with van der Waals surface area (Å²) in [4.78, 5) is 26.8. The largest absolute Gasteiger partial charge is 0.292 e. The Bertz CT molecular complexity index is 1220. The number of aryl methyl sites for hydroxylation is 3. The van der Waals surface area contributed by atoms with Crippen LogP contribution in [0.2, 0.25) is 5.02 Å². The van der Waals surface area contributed by atoms with Gasteiger partial charge >= 0.3 is 0 Å². The zero-order chi connectivity index (χ0) is 21.1. The van der Waals surface area contributed by atoms with E-state index in [-0.39, 0.29) is 5.78 Å². The van der Waals surface area contributed by atoms with Crippen molar-refractivity contribution in [2.45, 2.75) is 26.7 Å². The summed E-state index contributed by atoms with van der Waals surface area (Å²) in [6.45, 7) is 4.01. The summed E-state index contributed by atoms with van der Waals surface area (Å²) in [6.07, 6.45) is 6.42. The number of thiazole rings is 1. The Labute approximate surface area is 184 Å². The molecule has 150 valence electrons. The zero-order valence-electron chi connectivity index (χ0n) is 16.7. The number of hydrogen-bond donors (Lipinski definition) is 0. The number of carbonyl (C=O) groups excluding carboxylic acids is 1. The van der Waals surface area contributed by atoms with Crippen molar-refractivity contribution in [3.05, 3.63) is 87.9 Å². The van der Waals surface area contributed by atoms with E-state index in [9.17, 15) is 4.79 Å². The Morgan fingerprint density at radius 1 is 1.00 bits per heavy atom. The molecule has 0 fully saturated rings. The average molecular weight is 434 g/mol. The van der Waals surface area contributed by atoms with Gasteiger partial charge in [0.2, 0.25) is 0 Å². The molecule has 0 spiro atoms. The van der Waals surface area contributed by atoms with Gasteiger partial charge in [-0.2, -0.15) is 0 Å². The summed E-state index contributed by atoms with van der Waals surface area (Å²) in [7, 11) is 0. The standard InChI is InChI=1S/C24H20ClN3OS/c1-15-10-17(13-27-23(15)19-8-9-26-16(2)11-19)6-7-21(29)24-28-14-22(30-24)18-4-3-5-20(25)12-18/h3-5,8-14H,6-7H2,1-2H3. The van der Waals surface area contributed by atoms with Gasteiger partial charge in [-0.25, -0.2) is 4.98 Å². The fourth-order valence-corrected chi connectivity index (χ4v) is 4.38. The number of carbonyl (C=O) groups is 1. The van der Waals surface area contributed by atoms with Crippen molar-refractivity contribution in [2.24, 2.45) is 0 Å². The minimum Gasteiger partial charge on any atom is -0.292 e. The minimum absolute atomic E-state index is 0.0415. The Hall–Kier alpha value is -2.89. The minimum atomic E-state index is 0.0415. The predicted molar refractivity (Wildman–Crippen MR) is 122 cm³/mol. The van der Waals surface area contributed by atoms with Gasteiger partial charge in [-0.3, -0.25) is 14.8 Å². The van der Waals surface area contributed by atoms with E-state index in [1.54, 1.807) is 12.4 Å². The topological polar surface area (TPSA) is 55.7 Å². The van der Waals surface area contributed by atoms with Crippen LogP contribution in [-0.4, -0.2) is 20.7 Å².